The SMILES string of the molecule is CC(=O)Nc1cc(C)cn2cc(-c3ccc(-c4ccccc4)cc3)nc12. The van der Waals surface area contributed by atoms with Gasteiger partial charge >= 0.3 is 0 Å². The summed E-state index contributed by atoms with van der Waals surface area (Å²) in [7, 11) is 0. The molecule has 0 radical (unpaired) electrons. The number of aryl methyl sites for hydroxylation is 1. The van der Waals surface area contributed by atoms with Crippen molar-refractivity contribution in [1.82, 2.24) is 9.38 Å². The van der Waals surface area contributed by atoms with Crippen LogP contribution in [0, 0.1) is 6.92 Å². The molecule has 4 heteroatoms. The zero-order chi connectivity index (χ0) is 18.1. The van der Waals surface area contributed by atoms with Crippen molar-refractivity contribution < 1.29 is 4.79 Å². The van der Waals surface area contributed by atoms with Gasteiger partial charge in [0.25, 0.3) is 0 Å². The van der Waals surface area contributed by atoms with Gasteiger partial charge in [-0.2, -0.15) is 0 Å². The van der Waals surface area contributed by atoms with Gasteiger partial charge in [0.15, 0.2) is 5.65 Å². The second-order valence-corrected chi connectivity index (χ2v) is 6.41. The summed E-state index contributed by atoms with van der Waals surface area (Å²) in [6.45, 7) is 3.50. The molecule has 128 valence electrons. The Morgan fingerprint density at radius 1 is 0.923 bits per heavy atom. The molecule has 26 heavy (non-hydrogen) atoms. The number of hydrogen-bond donors (Lipinski definition) is 1. The van der Waals surface area contributed by atoms with Crippen LogP contribution in [-0.2, 0) is 4.79 Å². The lowest BCUT2D eigenvalue weighted by atomic mass is 10.0. The molecule has 0 aliphatic heterocycles. The van der Waals surface area contributed by atoms with Crippen LogP contribution in [-0.4, -0.2) is 15.3 Å². The number of carbonyl (C=O) groups excluding carboxylic acids is 1. The maximum absolute atomic E-state index is 11.5. The predicted molar refractivity (Wildman–Crippen MR) is 105 cm³/mol. The van der Waals surface area contributed by atoms with Gasteiger partial charge in [0.1, 0.15) is 0 Å². The van der Waals surface area contributed by atoms with Crippen LogP contribution in [0.3, 0.4) is 0 Å². The maximum Gasteiger partial charge on any atom is 0.221 e. The molecule has 1 N–H and O–H groups in total. The van der Waals surface area contributed by atoms with E-state index >= 15 is 0 Å². The number of benzene rings is 2. The van der Waals surface area contributed by atoms with Crippen molar-refractivity contribution in [2.75, 3.05) is 5.32 Å². The lowest BCUT2D eigenvalue weighted by molar-refractivity contribution is -0.114. The van der Waals surface area contributed by atoms with E-state index in [1.54, 1.807) is 0 Å². The summed E-state index contributed by atoms with van der Waals surface area (Å²) in [5.41, 5.74) is 6.81. The fourth-order valence-corrected chi connectivity index (χ4v) is 3.12. The first-order valence-corrected chi connectivity index (χ1v) is 8.53. The van der Waals surface area contributed by atoms with Crippen molar-refractivity contribution in [1.29, 1.82) is 0 Å². The van der Waals surface area contributed by atoms with Crippen molar-refractivity contribution in [2.24, 2.45) is 0 Å². The van der Waals surface area contributed by atoms with E-state index in [0.29, 0.717) is 0 Å². The van der Waals surface area contributed by atoms with E-state index in [2.05, 4.69) is 41.7 Å². The zero-order valence-corrected chi connectivity index (χ0v) is 14.7. The van der Waals surface area contributed by atoms with Crippen molar-refractivity contribution in [3.63, 3.8) is 0 Å². The van der Waals surface area contributed by atoms with Gasteiger partial charge in [-0.1, -0.05) is 54.6 Å². The van der Waals surface area contributed by atoms with Crippen LogP contribution in [0.15, 0.2) is 73.1 Å². The lowest BCUT2D eigenvalue weighted by Gasteiger charge is -2.05. The fourth-order valence-electron chi connectivity index (χ4n) is 3.12. The van der Waals surface area contributed by atoms with Crippen molar-refractivity contribution in [3.05, 3.63) is 78.6 Å². The van der Waals surface area contributed by atoms with Crippen LogP contribution in [0.5, 0.6) is 0 Å². The summed E-state index contributed by atoms with van der Waals surface area (Å²) in [5, 5.41) is 2.86. The van der Waals surface area contributed by atoms with Crippen LogP contribution >= 0.6 is 0 Å². The first-order valence-electron chi connectivity index (χ1n) is 8.53. The topological polar surface area (TPSA) is 46.4 Å². The van der Waals surface area contributed by atoms with Gasteiger partial charge in [0, 0.05) is 24.9 Å². The summed E-state index contributed by atoms with van der Waals surface area (Å²) in [6.07, 6.45) is 4.00. The van der Waals surface area contributed by atoms with E-state index in [0.717, 1.165) is 28.2 Å². The summed E-state index contributed by atoms with van der Waals surface area (Å²) >= 11 is 0. The highest BCUT2D eigenvalue weighted by molar-refractivity contribution is 5.93. The van der Waals surface area contributed by atoms with Crippen LogP contribution in [0.1, 0.15) is 12.5 Å². The molecule has 0 bridgehead atoms. The largest absolute Gasteiger partial charge is 0.323 e. The molecule has 0 unspecified atom stereocenters. The number of anilines is 1. The number of rotatable bonds is 3. The molecule has 0 saturated heterocycles. The predicted octanol–water partition coefficient (Wildman–Crippen LogP) is 4.94. The average Bonchev–Trinajstić information content (AvgIpc) is 3.06. The Hall–Kier alpha value is -3.40. The molecule has 0 aliphatic carbocycles. The quantitative estimate of drug-likeness (QED) is 0.574. The Kier molecular flexibility index (Phi) is 4.01. The Balaban J connectivity index is 1.74. The standard InChI is InChI=1S/C22H19N3O/c1-15-12-20(23-16(2)26)22-24-21(14-25(22)13-15)19-10-8-18(9-11-19)17-6-4-3-5-7-17/h3-14H,1-2H3,(H,23,26). The van der Waals surface area contributed by atoms with Gasteiger partial charge in [0.05, 0.1) is 11.4 Å². The van der Waals surface area contributed by atoms with E-state index < -0.39 is 0 Å². The molecule has 4 rings (SSSR count). The van der Waals surface area contributed by atoms with Crippen LogP contribution in [0.25, 0.3) is 28.0 Å². The number of amides is 1. The van der Waals surface area contributed by atoms with Crippen LogP contribution < -0.4 is 5.32 Å². The third-order valence-electron chi connectivity index (χ3n) is 4.29. The third kappa shape index (κ3) is 3.09. The van der Waals surface area contributed by atoms with Gasteiger partial charge in [-0.25, -0.2) is 4.98 Å². The fraction of sp³-hybridized carbons (Fsp3) is 0.0909. The van der Waals surface area contributed by atoms with E-state index in [1.165, 1.54) is 18.1 Å². The minimum absolute atomic E-state index is 0.103. The zero-order valence-electron chi connectivity index (χ0n) is 14.7. The number of fused-ring (bicyclic) bond motifs is 1. The number of imidazole rings is 1. The van der Waals surface area contributed by atoms with Crippen molar-refractivity contribution >= 4 is 17.2 Å². The normalized spacial score (nSPS) is 10.8. The monoisotopic (exact) mass is 341 g/mol. The van der Waals surface area contributed by atoms with Gasteiger partial charge in [-0.3, -0.25) is 4.79 Å². The molecular weight excluding hydrogens is 322 g/mol. The summed E-state index contributed by atoms with van der Waals surface area (Å²) < 4.78 is 1.96. The summed E-state index contributed by atoms with van der Waals surface area (Å²) in [4.78, 5) is 16.2. The first-order chi connectivity index (χ1) is 12.6. The molecule has 4 nitrogen and oxygen atoms in total. The van der Waals surface area contributed by atoms with Crippen LogP contribution in [0.2, 0.25) is 0 Å². The van der Waals surface area contributed by atoms with E-state index in [-0.39, 0.29) is 5.91 Å². The highest BCUT2D eigenvalue weighted by atomic mass is 16.1. The minimum Gasteiger partial charge on any atom is -0.323 e. The molecular formula is C22H19N3O. The average molecular weight is 341 g/mol. The Morgan fingerprint density at radius 2 is 1.58 bits per heavy atom. The number of aromatic nitrogens is 2. The highest BCUT2D eigenvalue weighted by Gasteiger charge is 2.10. The number of nitrogens with one attached hydrogen (secondary N) is 1. The molecule has 4 aromatic rings. The third-order valence-corrected chi connectivity index (χ3v) is 4.29. The molecule has 2 aromatic heterocycles. The number of hydrogen-bond acceptors (Lipinski definition) is 2. The Morgan fingerprint density at radius 3 is 2.27 bits per heavy atom. The summed E-state index contributed by atoms with van der Waals surface area (Å²) in [6, 6.07) is 20.6. The molecule has 0 saturated carbocycles. The molecule has 0 spiro atoms. The minimum atomic E-state index is -0.103. The molecule has 1 amide bonds. The van der Waals surface area contributed by atoms with E-state index in [9.17, 15) is 4.79 Å². The first kappa shape index (κ1) is 16.1. The molecule has 2 aromatic carbocycles. The number of carbonyl (C=O) groups is 1. The Labute approximate surface area is 152 Å². The van der Waals surface area contributed by atoms with Gasteiger partial charge < -0.3 is 9.72 Å². The maximum atomic E-state index is 11.5. The summed E-state index contributed by atoms with van der Waals surface area (Å²) in [5.74, 6) is -0.103. The van der Waals surface area contributed by atoms with Gasteiger partial charge in [-0.05, 0) is 29.7 Å². The second kappa shape index (κ2) is 6.48. The number of pyridine rings is 1. The molecule has 0 fully saturated rings. The van der Waals surface area contributed by atoms with E-state index in [4.69, 9.17) is 4.98 Å². The van der Waals surface area contributed by atoms with E-state index in [1.807, 2.05) is 48.0 Å². The molecule has 2 heterocycles. The van der Waals surface area contributed by atoms with Crippen molar-refractivity contribution in [2.45, 2.75) is 13.8 Å². The van der Waals surface area contributed by atoms with Gasteiger partial charge in [0.2, 0.25) is 5.91 Å². The lowest BCUT2D eigenvalue weighted by Crippen LogP contribution is -2.07. The number of nitrogens with zero attached hydrogens (tertiary/aromatic N) is 2. The molecule has 0 atom stereocenters. The van der Waals surface area contributed by atoms with Gasteiger partial charge in [-0.15, -0.1) is 0 Å². The molecule has 0 aliphatic rings. The highest BCUT2D eigenvalue weighted by Crippen LogP contribution is 2.27. The Bertz CT molecular complexity index is 1080. The smallest absolute Gasteiger partial charge is 0.221 e. The van der Waals surface area contributed by atoms with Crippen molar-refractivity contribution in [3.8, 4) is 22.4 Å². The second-order valence-electron chi connectivity index (χ2n) is 6.41. The van der Waals surface area contributed by atoms with Crippen LogP contribution in [0.4, 0.5) is 5.69 Å².